The number of fused-ring (bicyclic) bond motifs is 2. The molecule has 0 unspecified atom stereocenters. The Labute approximate surface area is 78.6 Å². The topological polar surface area (TPSA) is 37.3 Å². The molecule has 2 aliphatic carbocycles. The molecule has 0 aromatic rings. The van der Waals surface area contributed by atoms with Crippen LogP contribution in [0.2, 0.25) is 0 Å². The summed E-state index contributed by atoms with van der Waals surface area (Å²) in [4.78, 5) is 10.7. The van der Waals surface area contributed by atoms with E-state index in [9.17, 15) is 4.79 Å². The van der Waals surface area contributed by atoms with E-state index in [1.54, 1.807) is 6.92 Å². The van der Waals surface area contributed by atoms with E-state index >= 15 is 0 Å². The zero-order chi connectivity index (χ0) is 9.47. The first-order valence-corrected chi connectivity index (χ1v) is 5.04. The second-order valence-corrected chi connectivity index (χ2v) is 4.64. The van der Waals surface area contributed by atoms with Gasteiger partial charge in [-0.3, -0.25) is 0 Å². The molecule has 2 aliphatic rings. The van der Waals surface area contributed by atoms with Crippen molar-refractivity contribution < 1.29 is 9.90 Å². The summed E-state index contributed by atoms with van der Waals surface area (Å²) in [7, 11) is 0. The van der Waals surface area contributed by atoms with Gasteiger partial charge in [-0.1, -0.05) is 6.08 Å². The Morgan fingerprint density at radius 2 is 2.08 bits per heavy atom. The van der Waals surface area contributed by atoms with Crippen molar-refractivity contribution in [1.29, 1.82) is 0 Å². The number of rotatable bonds is 2. The van der Waals surface area contributed by atoms with Crippen LogP contribution in [0.1, 0.15) is 39.0 Å². The highest BCUT2D eigenvalue weighted by Crippen LogP contribution is 2.55. The minimum atomic E-state index is -0.760. The maximum atomic E-state index is 10.7. The van der Waals surface area contributed by atoms with E-state index in [2.05, 4.69) is 0 Å². The fourth-order valence-corrected chi connectivity index (χ4v) is 2.96. The second kappa shape index (κ2) is 2.86. The van der Waals surface area contributed by atoms with Gasteiger partial charge in [0.25, 0.3) is 0 Å². The summed E-state index contributed by atoms with van der Waals surface area (Å²) < 4.78 is 0. The van der Waals surface area contributed by atoms with E-state index in [0.717, 1.165) is 5.92 Å². The summed E-state index contributed by atoms with van der Waals surface area (Å²) >= 11 is 0. The quantitative estimate of drug-likeness (QED) is 0.663. The molecule has 2 saturated carbocycles. The van der Waals surface area contributed by atoms with Gasteiger partial charge in [-0.2, -0.15) is 0 Å². The smallest absolute Gasteiger partial charge is 0.330 e. The Balaban J connectivity index is 2.17. The summed E-state index contributed by atoms with van der Waals surface area (Å²) in [6, 6.07) is 0. The maximum Gasteiger partial charge on any atom is 0.330 e. The summed E-state index contributed by atoms with van der Waals surface area (Å²) in [5.74, 6) is 0.127. The van der Waals surface area contributed by atoms with Crippen molar-refractivity contribution in [3.05, 3.63) is 11.6 Å². The van der Waals surface area contributed by atoms with Crippen molar-refractivity contribution in [2.75, 3.05) is 0 Å². The van der Waals surface area contributed by atoms with Gasteiger partial charge in [-0.05, 0) is 50.4 Å². The molecule has 0 radical (unpaired) electrons. The van der Waals surface area contributed by atoms with Gasteiger partial charge in [0.1, 0.15) is 0 Å². The van der Waals surface area contributed by atoms with Crippen LogP contribution in [0.15, 0.2) is 11.6 Å². The molecule has 0 atom stereocenters. The molecule has 0 aliphatic heterocycles. The molecule has 2 bridgehead atoms. The fourth-order valence-electron chi connectivity index (χ4n) is 2.96. The molecule has 0 heterocycles. The maximum absolute atomic E-state index is 10.7. The van der Waals surface area contributed by atoms with E-state index in [1.807, 2.05) is 6.08 Å². The number of carboxylic acid groups (broad SMARTS) is 1. The molecule has 2 fully saturated rings. The normalized spacial score (nSPS) is 38.2. The van der Waals surface area contributed by atoms with Crippen LogP contribution in [0.4, 0.5) is 0 Å². The summed E-state index contributed by atoms with van der Waals surface area (Å²) in [5.41, 5.74) is 0.801. The average molecular weight is 180 g/mol. The second-order valence-electron chi connectivity index (χ2n) is 4.64. The number of carboxylic acids is 1. The Bertz CT molecular complexity index is 257. The largest absolute Gasteiger partial charge is 0.478 e. The highest BCUT2D eigenvalue weighted by atomic mass is 16.4. The van der Waals surface area contributed by atoms with Crippen molar-refractivity contribution >= 4 is 5.97 Å². The van der Waals surface area contributed by atoms with Crippen molar-refractivity contribution in [2.24, 2.45) is 11.3 Å². The molecule has 0 aromatic heterocycles. The van der Waals surface area contributed by atoms with Crippen LogP contribution in [-0.2, 0) is 4.79 Å². The Kier molecular flexibility index (Phi) is 1.94. The molecule has 72 valence electrons. The van der Waals surface area contributed by atoms with Crippen LogP contribution in [0.25, 0.3) is 0 Å². The third kappa shape index (κ3) is 1.50. The van der Waals surface area contributed by atoms with Gasteiger partial charge in [0, 0.05) is 5.57 Å². The molecular weight excluding hydrogens is 164 g/mol. The van der Waals surface area contributed by atoms with Crippen molar-refractivity contribution in [2.45, 2.75) is 39.0 Å². The van der Waals surface area contributed by atoms with Crippen LogP contribution < -0.4 is 0 Å². The summed E-state index contributed by atoms with van der Waals surface area (Å²) in [6.07, 6.45) is 8.29. The molecule has 2 nitrogen and oxygen atoms in total. The third-order valence-corrected chi connectivity index (χ3v) is 3.66. The lowest BCUT2D eigenvalue weighted by atomic mass is 9.83. The lowest BCUT2D eigenvalue weighted by molar-refractivity contribution is -0.132. The molecule has 1 N–H and O–H groups in total. The first kappa shape index (κ1) is 8.79. The van der Waals surface area contributed by atoms with E-state index < -0.39 is 5.97 Å². The van der Waals surface area contributed by atoms with Crippen LogP contribution in [0, 0.1) is 11.3 Å². The van der Waals surface area contributed by atoms with Gasteiger partial charge in [-0.15, -0.1) is 0 Å². The molecule has 13 heavy (non-hydrogen) atoms. The Hall–Kier alpha value is -0.790. The predicted molar refractivity (Wildman–Crippen MR) is 50.4 cm³/mol. The fraction of sp³-hybridized carbons (Fsp3) is 0.727. The van der Waals surface area contributed by atoms with E-state index in [0.29, 0.717) is 5.57 Å². The van der Waals surface area contributed by atoms with Gasteiger partial charge >= 0.3 is 5.97 Å². The van der Waals surface area contributed by atoms with Crippen molar-refractivity contribution in [3.8, 4) is 0 Å². The highest BCUT2D eigenvalue weighted by Gasteiger charge is 2.43. The molecule has 2 heteroatoms. The molecular formula is C11H16O2. The van der Waals surface area contributed by atoms with Gasteiger partial charge in [-0.25, -0.2) is 4.79 Å². The SMILES string of the molecule is C/C(=C\C12CCC(CC1)C2)C(=O)O. The van der Waals surface area contributed by atoms with E-state index in [4.69, 9.17) is 5.11 Å². The monoisotopic (exact) mass is 180 g/mol. The number of carbonyl (C=O) groups is 1. The number of hydrogen-bond acceptors (Lipinski definition) is 1. The Morgan fingerprint density at radius 1 is 1.46 bits per heavy atom. The van der Waals surface area contributed by atoms with E-state index in [1.165, 1.54) is 32.1 Å². The standard InChI is InChI=1S/C11H16O2/c1-8(10(12)13)6-11-4-2-9(7-11)3-5-11/h6,9H,2-5,7H2,1H3,(H,12,13)/b8-6+. The minimum Gasteiger partial charge on any atom is -0.478 e. The zero-order valence-electron chi connectivity index (χ0n) is 8.05. The third-order valence-electron chi connectivity index (χ3n) is 3.66. The number of aliphatic carboxylic acids is 1. The first-order valence-electron chi connectivity index (χ1n) is 5.04. The van der Waals surface area contributed by atoms with Crippen LogP contribution >= 0.6 is 0 Å². The first-order chi connectivity index (χ1) is 6.11. The van der Waals surface area contributed by atoms with Crippen molar-refractivity contribution in [3.63, 3.8) is 0 Å². The predicted octanol–water partition coefficient (Wildman–Crippen LogP) is 2.60. The minimum absolute atomic E-state index is 0.271. The summed E-state index contributed by atoms with van der Waals surface area (Å²) in [6.45, 7) is 1.71. The van der Waals surface area contributed by atoms with Gasteiger partial charge in [0.05, 0.1) is 0 Å². The average Bonchev–Trinajstić information content (AvgIpc) is 2.62. The van der Waals surface area contributed by atoms with Gasteiger partial charge < -0.3 is 5.11 Å². The summed E-state index contributed by atoms with van der Waals surface area (Å²) in [5, 5.41) is 8.80. The van der Waals surface area contributed by atoms with E-state index in [-0.39, 0.29) is 5.41 Å². The Morgan fingerprint density at radius 3 is 2.46 bits per heavy atom. The van der Waals surface area contributed by atoms with Crippen molar-refractivity contribution in [1.82, 2.24) is 0 Å². The highest BCUT2D eigenvalue weighted by molar-refractivity contribution is 5.85. The molecule has 0 amide bonds. The number of allylic oxidation sites excluding steroid dienone is 1. The van der Waals surface area contributed by atoms with Crippen LogP contribution in [0.5, 0.6) is 0 Å². The molecule has 0 aromatic carbocycles. The molecule has 2 rings (SSSR count). The van der Waals surface area contributed by atoms with Crippen LogP contribution in [-0.4, -0.2) is 11.1 Å². The zero-order valence-corrected chi connectivity index (χ0v) is 8.05. The van der Waals surface area contributed by atoms with Crippen LogP contribution in [0.3, 0.4) is 0 Å². The van der Waals surface area contributed by atoms with Gasteiger partial charge in [0.15, 0.2) is 0 Å². The lowest BCUT2D eigenvalue weighted by Gasteiger charge is -2.22. The molecule has 0 saturated heterocycles. The van der Waals surface area contributed by atoms with Gasteiger partial charge in [0.2, 0.25) is 0 Å². The lowest BCUT2D eigenvalue weighted by Crippen LogP contribution is -2.12. The molecule has 0 spiro atoms. The number of hydrogen-bond donors (Lipinski definition) is 1.